The summed E-state index contributed by atoms with van der Waals surface area (Å²) in [6, 6.07) is 4.16. The number of carboxylic acid groups (broad SMARTS) is 1. The van der Waals surface area contributed by atoms with Crippen molar-refractivity contribution in [2.75, 3.05) is 0 Å². The van der Waals surface area contributed by atoms with Crippen LogP contribution in [-0.4, -0.2) is 25.0 Å². The first-order chi connectivity index (χ1) is 8.21. The fourth-order valence-corrected chi connectivity index (χ4v) is 2.67. The summed E-state index contributed by atoms with van der Waals surface area (Å²) in [7, 11) is -3.99. The first-order valence-electron chi connectivity index (χ1n) is 5.24. The van der Waals surface area contributed by atoms with E-state index < -0.39 is 27.3 Å². The van der Waals surface area contributed by atoms with E-state index in [1.54, 1.807) is 6.92 Å². The summed E-state index contributed by atoms with van der Waals surface area (Å²) in [5, 5.41) is 9.00. The second-order valence-corrected chi connectivity index (χ2v) is 5.73. The molecule has 0 radical (unpaired) electrons. The molecule has 0 saturated carbocycles. The van der Waals surface area contributed by atoms with Crippen molar-refractivity contribution in [2.45, 2.75) is 30.7 Å². The van der Waals surface area contributed by atoms with E-state index in [9.17, 15) is 17.6 Å². The summed E-state index contributed by atoms with van der Waals surface area (Å²) in [6.07, 6.45) is 0.0861. The Kier molecular flexibility index (Phi) is 4.08. The number of hydrogen-bond donors (Lipinski definition) is 2. The number of rotatable bonds is 5. The number of hydrogen-bond acceptors (Lipinski definition) is 3. The molecule has 0 fully saturated rings. The molecule has 0 aliphatic heterocycles. The lowest BCUT2D eigenvalue weighted by Gasteiger charge is -2.24. The van der Waals surface area contributed by atoms with E-state index in [0.717, 1.165) is 24.3 Å². The maximum Gasteiger partial charge on any atom is 0.324 e. The molecule has 0 aliphatic carbocycles. The minimum Gasteiger partial charge on any atom is -0.480 e. The van der Waals surface area contributed by atoms with Gasteiger partial charge in [0.25, 0.3) is 0 Å². The molecule has 0 spiro atoms. The molecular formula is C11H14FNO4S. The maximum atomic E-state index is 12.7. The van der Waals surface area contributed by atoms with Gasteiger partial charge in [-0.2, -0.15) is 4.72 Å². The molecule has 2 N–H and O–H groups in total. The quantitative estimate of drug-likeness (QED) is 0.849. The predicted molar refractivity (Wildman–Crippen MR) is 63.1 cm³/mol. The van der Waals surface area contributed by atoms with E-state index >= 15 is 0 Å². The average Bonchev–Trinajstić information content (AvgIpc) is 2.28. The van der Waals surface area contributed by atoms with Crippen molar-refractivity contribution < 1.29 is 22.7 Å². The van der Waals surface area contributed by atoms with Crippen LogP contribution in [0.25, 0.3) is 0 Å². The van der Waals surface area contributed by atoms with Crippen LogP contribution in [0, 0.1) is 5.82 Å². The average molecular weight is 275 g/mol. The highest BCUT2D eigenvalue weighted by Crippen LogP contribution is 2.16. The molecule has 0 amide bonds. The number of carbonyl (C=O) groups is 1. The summed E-state index contributed by atoms with van der Waals surface area (Å²) in [4.78, 5) is 10.9. The first kappa shape index (κ1) is 14.6. The zero-order valence-corrected chi connectivity index (χ0v) is 10.8. The second-order valence-electron chi connectivity index (χ2n) is 4.05. The van der Waals surface area contributed by atoms with Crippen molar-refractivity contribution in [2.24, 2.45) is 0 Å². The Morgan fingerprint density at radius 1 is 1.39 bits per heavy atom. The largest absolute Gasteiger partial charge is 0.480 e. The van der Waals surface area contributed by atoms with Crippen molar-refractivity contribution in [1.29, 1.82) is 0 Å². The fraction of sp³-hybridized carbons (Fsp3) is 0.364. The fourth-order valence-electron chi connectivity index (χ4n) is 1.24. The van der Waals surface area contributed by atoms with Gasteiger partial charge in [-0.15, -0.1) is 0 Å². The molecule has 18 heavy (non-hydrogen) atoms. The molecule has 0 aliphatic rings. The highest BCUT2D eigenvalue weighted by atomic mass is 32.2. The van der Waals surface area contributed by atoms with Gasteiger partial charge in [0.1, 0.15) is 11.4 Å². The number of sulfonamides is 1. The molecule has 7 heteroatoms. The monoisotopic (exact) mass is 275 g/mol. The van der Waals surface area contributed by atoms with E-state index in [4.69, 9.17) is 5.11 Å². The van der Waals surface area contributed by atoms with E-state index in [0.29, 0.717) is 0 Å². The summed E-state index contributed by atoms with van der Waals surface area (Å²) in [5.41, 5.74) is -1.59. The van der Waals surface area contributed by atoms with Crippen LogP contribution in [0.5, 0.6) is 0 Å². The molecule has 0 saturated heterocycles. The van der Waals surface area contributed by atoms with Gasteiger partial charge in [0.2, 0.25) is 10.0 Å². The van der Waals surface area contributed by atoms with Crippen LogP contribution in [0.15, 0.2) is 29.2 Å². The predicted octanol–water partition coefficient (Wildman–Crippen LogP) is 1.36. The Balaban J connectivity index is 3.09. The summed E-state index contributed by atoms with van der Waals surface area (Å²) >= 11 is 0. The van der Waals surface area contributed by atoms with Crippen LogP contribution in [-0.2, 0) is 14.8 Å². The van der Waals surface area contributed by atoms with Crippen LogP contribution in [0.1, 0.15) is 20.3 Å². The van der Waals surface area contributed by atoms with Gasteiger partial charge in [-0.05, 0) is 37.6 Å². The van der Waals surface area contributed by atoms with Gasteiger partial charge in [0.15, 0.2) is 0 Å². The molecule has 1 rings (SSSR count). The molecular weight excluding hydrogens is 261 g/mol. The molecule has 1 unspecified atom stereocenters. The van der Waals surface area contributed by atoms with E-state index in [2.05, 4.69) is 4.72 Å². The Morgan fingerprint density at radius 3 is 2.28 bits per heavy atom. The van der Waals surface area contributed by atoms with Gasteiger partial charge in [-0.25, -0.2) is 12.8 Å². The third-order valence-corrected chi connectivity index (χ3v) is 4.27. The Bertz CT molecular complexity index is 541. The normalized spacial score (nSPS) is 15.1. The summed E-state index contributed by atoms with van der Waals surface area (Å²) in [5.74, 6) is -1.83. The molecule has 5 nitrogen and oxygen atoms in total. The molecule has 0 heterocycles. The van der Waals surface area contributed by atoms with Gasteiger partial charge in [-0.3, -0.25) is 4.79 Å². The lowest BCUT2D eigenvalue weighted by molar-refractivity contribution is -0.143. The Morgan fingerprint density at radius 2 is 1.89 bits per heavy atom. The van der Waals surface area contributed by atoms with E-state index in [1.807, 2.05) is 0 Å². The lowest BCUT2D eigenvalue weighted by atomic mass is 10.0. The third kappa shape index (κ3) is 3.05. The zero-order chi connectivity index (χ0) is 14.0. The van der Waals surface area contributed by atoms with Crippen LogP contribution in [0.3, 0.4) is 0 Å². The Labute approximate surface area is 105 Å². The minimum absolute atomic E-state index is 0.0861. The SMILES string of the molecule is CCC(C)(NS(=O)(=O)c1ccc(F)cc1)C(=O)O. The lowest BCUT2D eigenvalue weighted by Crippen LogP contribution is -2.51. The first-order valence-corrected chi connectivity index (χ1v) is 6.72. The second kappa shape index (κ2) is 5.03. The number of nitrogens with one attached hydrogen (secondary N) is 1. The number of aliphatic carboxylic acids is 1. The molecule has 0 aromatic heterocycles. The minimum atomic E-state index is -3.99. The van der Waals surface area contributed by atoms with Crippen LogP contribution in [0.2, 0.25) is 0 Å². The van der Waals surface area contributed by atoms with Crippen LogP contribution >= 0.6 is 0 Å². The zero-order valence-electron chi connectivity index (χ0n) is 9.97. The van der Waals surface area contributed by atoms with Gasteiger partial charge < -0.3 is 5.11 Å². The highest BCUT2D eigenvalue weighted by molar-refractivity contribution is 7.89. The molecule has 1 aromatic rings. The number of halogens is 1. The molecule has 1 aromatic carbocycles. The standard InChI is InChI=1S/C11H14FNO4S/c1-3-11(2,10(14)15)13-18(16,17)9-6-4-8(12)5-7-9/h4-7,13H,3H2,1-2H3,(H,14,15). The molecule has 100 valence electrons. The summed E-state index contributed by atoms with van der Waals surface area (Å²) < 4.78 is 38.7. The topological polar surface area (TPSA) is 83.5 Å². The number of carboxylic acids is 1. The Hall–Kier alpha value is -1.47. The smallest absolute Gasteiger partial charge is 0.324 e. The van der Waals surface area contributed by atoms with Gasteiger partial charge in [0, 0.05) is 0 Å². The van der Waals surface area contributed by atoms with Gasteiger partial charge >= 0.3 is 5.97 Å². The molecule has 0 bridgehead atoms. The van der Waals surface area contributed by atoms with Crippen molar-refractivity contribution >= 4 is 16.0 Å². The number of benzene rings is 1. The van der Waals surface area contributed by atoms with Crippen molar-refractivity contribution in [3.05, 3.63) is 30.1 Å². The third-order valence-electron chi connectivity index (χ3n) is 2.66. The van der Waals surface area contributed by atoms with Crippen LogP contribution < -0.4 is 4.72 Å². The summed E-state index contributed by atoms with van der Waals surface area (Å²) in [6.45, 7) is 2.83. The van der Waals surface area contributed by atoms with Crippen LogP contribution in [0.4, 0.5) is 4.39 Å². The molecule has 1 atom stereocenters. The highest BCUT2D eigenvalue weighted by Gasteiger charge is 2.36. The van der Waals surface area contributed by atoms with E-state index in [-0.39, 0.29) is 11.3 Å². The van der Waals surface area contributed by atoms with Crippen molar-refractivity contribution in [3.8, 4) is 0 Å². The van der Waals surface area contributed by atoms with Crippen molar-refractivity contribution in [1.82, 2.24) is 4.72 Å². The van der Waals surface area contributed by atoms with Crippen molar-refractivity contribution in [3.63, 3.8) is 0 Å². The van der Waals surface area contributed by atoms with E-state index in [1.165, 1.54) is 6.92 Å². The van der Waals surface area contributed by atoms with Gasteiger partial charge in [-0.1, -0.05) is 6.92 Å². The maximum absolute atomic E-state index is 12.7. The van der Waals surface area contributed by atoms with Gasteiger partial charge in [0.05, 0.1) is 4.90 Å².